The van der Waals surface area contributed by atoms with Crippen molar-refractivity contribution in [2.45, 2.75) is 12.8 Å². The summed E-state index contributed by atoms with van der Waals surface area (Å²) in [5.41, 5.74) is 0. The zero-order valence-corrected chi connectivity index (χ0v) is 7.62. The normalized spacial score (nSPS) is 37.4. The van der Waals surface area contributed by atoms with Crippen LogP contribution in [0, 0.1) is 17.8 Å². The number of nitrogens with one attached hydrogen (secondary N) is 2. The summed E-state index contributed by atoms with van der Waals surface area (Å²) in [5.74, 6) is 1.98. The molecule has 4 heteroatoms. The van der Waals surface area contributed by atoms with Crippen molar-refractivity contribution in [2.24, 2.45) is 17.8 Å². The zero-order chi connectivity index (χ0) is 9.26. The number of fused-ring (bicyclic) bond motifs is 2. The average molecular weight is 184 g/mol. The lowest BCUT2D eigenvalue weighted by Crippen LogP contribution is -2.43. The van der Waals surface area contributed by atoms with Crippen molar-refractivity contribution in [3.05, 3.63) is 0 Å². The Labute approximate surface area is 77.7 Å². The van der Waals surface area contributed by atoms with Gasteiger partial charge in [-0.05, 0) is 43.7 Å². The highest BCUT2D eigenvalue weighted by Gasteiger charge is 2.38. The summed E-state index contributed by atoms with van der Waals surface area (Å²) in [5, 5.41) is 14.4. The second kappa shape index (κ2) is 3.54. The van der Waals surface area contributed by atoms with Gasteiger partial charge in [0, 0.05) is 6.54 Å². The van der Waals surface area contributed by atoms with E-state index in [4.69, 9.17) is 5.11 Å². The van der Waals surface area contributed by atoms with E-state index in [0.717, 1.165) is 13.1 Å². The Morgan fingerprint density at radius 2 is 2.00 bits per heavy atom. The first kappa shape index (κ1) is 8.81. The van der Waals surface area contributed by atoms with Gasteiger partial charge in [0.1, 0.15) is 0 Å². The molecule has 0 spiro atoms. The van der Waals surface area contributed by atoms with Crippen LogP contribution in [0.15, 0.2) is 0 Å². The number of amides is 1. The number of rotatable bonds is 2. The van der Waals surface area contributed by atoms with E-state index in [1.807, 2.05) is 0 Å². The van der Waals surface area contributed by atoms with Crippen LogP contribution in [0.2, 0.25) is 0 Å². The Bertz CT molecular complexity index is 192. The largest absolute Gasteiger partial charge is 0.465 e. The van der Waals surface area contributed by atoms with Crippen LogP contribution in [0.5, 0.6) is 0 Å². The van der Waals surface area contributed by atoms with E-state index < -0.39 is 6.09 Å². The van der Waals surface area contributed by atoms with Gasteiger partial charge in [-0.2, -0.15) is 0 Å². The summed E-state index contributed by atoms with van der Waals surface area (Å²) in [6, 6.07) is 0. The average Bonchev–Trinajstić information content (AvgIpc) is 2.34. The standard InChI is InChI=1S/C9H16N2O2/c12-9(13)11-5-8-6-1-2-7(8)4-10-3-6/h6-8,10-11H,1-5H2,(H,12,13)/t6-,7+,8?. The fraction of sp³-hybridized carbons (Fsp3) is 0.889. The number of hydrogen-bond acceptors (Lipinski definition) is 2. The van der Waals surface area contributed by atoms with Crippen LogP contribution in [0.4, 0.5) is 4.79 Å². The third kappa shape index (κ3) is 1.77. The van der Waals surface area contributed by atoms with E-state index >= 15 is 0 Å². The monoisotopic (exact) mass is 184 g/mol. The molecule has 74 valence electrons. The molecular weight excluding hydrogens is 168 g/mol. The van der Waals surface area contributed by atoms with Gasteiger partial charge in [0.15, 0.2) is 0 Å². The van der Waals surface area contributed by atoms with Crippen LogP contribution in [0.25, 0.3) is 0 Å². The van der Waals surface area contributed by atoms with Gasteiger partial charge >= 0.3 is 6.09 Å². The van der Waals surface area contributed by atoms with Crippen molar-refractivity contribution in [3.63, 3.8) is 0 Å². The Morgan fingerprint density at radius 3 is 2.54 bits per heavy atom. The van der Waals surface area contributed by atoms with Crippen LogP contribution in [-0.4, -0.2) is 30.8 Å². The maximum absolute atomic E-state index is 10.3. The number of piperidine rings is 1. The van der Waals surface area contributed by atoms with Crippen molar-refractivity contribution in [2.75, 3.05) is 19.6 Å². The zero-order valence-electron chi connectivity index (χ0n) is 7.62. The van der Waals surface area contributed by atoms with E-state index in [0.29, 0.717) is 24.3 Å². The highest BCUT2D eigenvalue weighted by atomic mass is 16.4. The predicted octanol–water partition coefficient (Wildman–Crippen LogP) is 0.500. The molecule has 1 aliphatic heterocycles. The van der Waals surface area contributed by atoms with Gasteiger partial charge < -0.3 is 15.7 Å². The van der Waals surface area contributed by atoms with Crippen LogP contribution < -0.4 is 10.6 Å². The summed E-state index contributed by atoms with van der Waals surface area (Å²) in [6.07, 6.45) is 1.64. The summed E-state index contributed by atoms with van der Waals surface area (Å²) in [6.45, 7) is 2.79. The molecule has 4 nitrogen and oxygen atoms in total. The second-order valence-electron chi connectivity index (χ2n) is 4.11. The first-order valence-corrected chi connectivity index (χ1v) is 4.95. The molecule has 1 aliphatic carbocycles. The molecule has 1 heterocycles. The highest BCUT2D eigenvalue weighted by Crippen LogP contribution is 2.38. The van der Waals surface area contributed by atoms with Crippen LogP contribution in [0.1, 0.15) is 12.8 Å². The molecule has 2 bridgehead atoms. The predicted molar refractivity (Wildman–Crippen MR) is 48.6 cm³/mol. The summed E-state index contributed by atoms with van der Waals surface area (Å²) >= 11 is 0. The molecule has 2 fully saturated rings. The van der Waals surface area contributed by atoms with Crippen LogP contribution >= 0.6 is 0 Å². The fourth-order valence-corrected chi connectivity index (χ4v) is 2.74. The summed E-state index contributed by atoms with van der Waals surface area (Å²) < 4.78 is 0. The van der Waals surface area contributed by atoms with Crippen LogP contribution in [-0.2, 0) is 0 Å². The Kier molecular flexibility index (Phi) is 2.40. The number of carbonyl (C=O) groups is 1. The first-order valence-electron chi connectivity index (χ1n) is 4.95. The van der Waals surface area contributed by atoms with E-state index in [9.17, 15) is 4.79 Å². The topological polar surface area (TPSA) is 61.4 Å². The van der Waals surface area contributed by atoms with Crippen molar-refractivity contribution in [1.82, 2.24) is 10.6 Å². The lowest BCUT2D eigenvalue weighted by Gasteiger charge is -2.30. The quantitative estimate of drug-likeness (QED) is 0.585. The fourth-order valence-electron chi connectivity index (χ4n) is 2.74. The summed E-state index contributed by atoms with van der Waals surface area (Å²) in [4.78, 5) is 10.3. The minimum atomic E-state index is -0.891. The third-order valence-corrected chi connectivity index (χ3v) is 3.42. The van der Waals surface area contributed by atoms with Crippen LogP contribution in [0.3, 0.4) is 0 Å². The molecule has 3 N–H and O–H groups in total. The van der Waals surface area contributed by atoms with E-state index in [1.54, 1.807) is 0 Å². The molecule has 1 amide bonds. The van der Waals surface area contributed by atoms with Crippen molar-refractivity contribution in [1.29, 1.82) is 0 Å². The molecular formula is C9H16N2O2. The Hall–Kier alpha value is -0.770. The maximum atomic E-state index is 10.3. The van der Waals surface area contributed by atoms with Gasteiger partial charge in [0.25, 0.3) is 0 Å². The van der Waals surface area contributed by atoms with Crippen molar-refractivity contribution < 1.29 is 9.90 Å². The molecule has 0 aromatic carbocycles. The minimum absolute atomic E-state index is 0.581. The molecule has 0 radical (unpaired) electrons. The maximum Gasteiger partial charge on any atom is 0.404 e. The van der Waals surface area contributed by atoms with Gasteiger partial charge in [-0.3, -0.25) is 0 Å². The first-order chi connectivity index (χ1) is 6.27. The Morgan fingerprint density at radius 1 is 1.38 bits per heavy atom. The smallest absolute Gasteiger partial charge is 0.404 e. The molecule has 2 aliphatic rings. The lowest BCUT2D eigenvalue weighted by molar-refractivity contribution is 0.182. The molecule has 2 rings (SSSR count). The van der Waals surface area contributed by atoms with Gasteiger partial charge in [-0.25, -0.2) is 4.79 Å². The molecule has 3 atom stereocenters. The second-order valence-corrected chi connectivity index (χ2v) is 4.11. The van der Waals surface area contributed by atoms with E-state index in [1.165, 1.54) is 12.8 Å². The Balaban J connectivity index is 1.88. The van der Waals surface area contributed by atoms with Gasteiger partial charge in [-0.1, -0.05) is 0 Å². The molecule has 0 aromatic rings. The highest BCUT2D eigenvalue weighted by molar-refractivity contribution is 5.64. The van der Waals surface area contributed by atoms with E-state index in [2.05, 4.69) is 10.6 Å². The van der Waals surface area contributed by atoms with E-state index in [-0.39, 0.29) is 0 Å². The van der Waals surface area contributed by atoms with Gasteiger partial charge in [0.05, 0.1) is 0 Å². The SMILES string of the molecule is O=C(O)NCC1[C@@H]2CC[C@H]1CNC2. The summed E-state index contributed by atoms with van der Waals surface area (Å²) in [7, 11) is 0. The third-order valence-electron chi connectivity index (χ3n) is 3.42. The number of carboxylic acid groups (broad SMARTS) is 1. The molecule has 0 aromatic heterocycles. The molecule has 13 heavy (non-hydrogen) atoms. The lowest BCUT2D eigenvalue weighted by atomic mass is 9.86. The van der Waals surface area contributed by atoms with Crippen molar-refractivity contribution >= 4 is 6.09 Å². The van der Waals surface area contributed by atoms with Gasteiger partial charge in [0.2, 0.25) is 0 Å². The van der Waals surface area contributed by atoms with Crippen molar-refractivity contribution in [3.8, 4) is 0 Å². The molecule has 1 unspecified atom stereocenters. The minimum Gasteiger partial charge on any atom is -0.465 e. The van der Waals surface area contributed by atoms with Gasteiger partial charge in [-0.15, -0.1) is 0 Å². The molecule has 1 saturated carbocycles. The number of hydrogen-bond donors (Lipinski definition) is 3. The molecule has 1 saturated heterocycles.